The molecule has 1 saturated heterocycles. The van der Waals surface area contributed by atoms with Crippen LogP contribution in [0.5, 0.6) is 0 Å². The summed E-state index contributed by atoms with van der Waals surface area (Å²) >= 11 is 1.46. The first kappa shape index (κ1) is 24.4. The van der Waals surface area contributed by atoms with Gasteiger partial charge in [-0.25, -0.2) is 23.1 Å². The number of nitrogens with one attached hydrogen (secondary N) is 2. The molecule has 0 bridgehead atoms. The van der Waals surface area contributed by atoms with Crippen molar-refractivity contribution in [3.8, 4) is 0 Å². The lowest BCUT2D eigenvalue weighted by Crippen LogP contribution is -2.29. The summed E-state index contributed by atoms with van der Waals surface area (Å²) in [7, 11) is -3.49. The molecule has 0 unspecified atom stereocenters. The summed E-state index contributed by atoms with van der Waals surface area (Å²) in [6, 6.07) is 6.08. The molecule has 2 aromatic heterocycles. The zero-order valence-corrected chi connectivity index (χ0v) is 21.0. The molecule has 2 N–H and O–H groups in total. The van der Waals surface area contributed by atoms with Crippen molar-refractivity contribution in [2.75, 3.05) is 37.8 Å². The van der Waals surface area contributed by atoms with Gasteiger partial charge in [0.1, 0.15) is 5.82 Å². The van der Waals surface area contributed by atoms with Crippen molar-refractivity contribution in [1.29, 1.82) is 0 Å². The Bertz CT molecular complexity index is 1250. The van der Waals surface area contributed by atoms with Crippen molar-refractivity contribution in [2.24, 2.45) is 0 Å². The third-order valence-corrected chi connectivity index (χ3v) is 8.09. The lowest BCUT2D eigenvalue weighted by Gasteiger charge is -2.15. The zero-order chi connectivity index (χ0) is 24.1. The number of benzene rings is 1. The number of hydrogen-bond acceptors (Lipinski definition) is 8. The van der Waals surface area contributed by atoms with Crippen LogP contribution in [0.4, 0.5) is 5.82 Å². The fraction of sp³-hybridized carbons (Fsp3) is 0.455. The molecule has 4 rings (SSSR count). The van der Waals surface area contributed by atoms with Crippen LogP contribution in [0, 0.1) is 0 Å². The molecule has 1 aromatic carbocycles. The minimum atomic E-state index is -3.49. The number of nitrogens with zero attached hydrogens (tertiary/aromatic N) is 5. The van der Waals surface area contributed by atoms with Crippen molar-refractivity contribution < 1.29 is 13.2 Å². The topological polar surface area (TPSA) is 122 Å². The van der Waals surface area contributed by atoms with Crippen LogP contribution < -0.4 is 10.6 Å². The number of sulfonamides is 1. The minimum Gasteiger partial charge on any atom is -0.369 e. The highest BCUT2D eigenvalue weighted by atomic mass is 32.2. The van der Waals surface area contributed by atoms with Crippen LogP contribution >= 0.6 is 11.8 Å². The predicted octanol–water partition coefficient (Wildman–Crippen LogP) is 2.58. The number of carbonyl (C=O) groups is 1. The van der Waals surface area contributed by atoms with E-state index in [0.29, 0.717) is 42.5 Å². The Hall–Kier alpha value is -2.70. The molecule has 1 amide bonds. The normalized spacial score (nSPS) is 14.5. The van der Waals surface area contributed by atoms with Crippen molar-refractivity contribution in [3.05, 3.63) is 36.0 Å². The molecule has 10 nitrogen and oxygen atoms in total. The van der Waals surface area contributed by atoms with Gasteiger partial charge in [-0.15, -0.1) is 0 Å². The Labute approximate surface area is 203 Å². The standard InChI is InChI=1S/C22H29N7O3S2/c1-3-10-23-19-18-15-25-29(20(18)27-22(26-19)33-2)14-11-24-21(30)16-6-8-17(9-7-16)34(31,32)28-12-4-5-13-28/h6-9,15H,3-5,10-14H2,1-2H3,(H,24,30)(H,23,26,27). The van der Waals surface area contributed by atoms with Gasteiger partial charge in [0.15, 0.2) is 10.8 Å². The monoisotopic (exact) mass is 503 g/mol. The van der Waals surface area contributed by atoms with Gasteiger partial charge in [0.05, 0.1) is 23.0 Å². The van der Waals surface area contributed by atoms with Crippen molar-refractivity contribution in [1.82, 2.24) is 29.4 Å². The van der Waals surface area contributed by atoms with Crippen LogP contribution in [0.3, 0.4) is 0 Å². The summed E-state index contributed by atoms with van der Waals surface area (Å²) in [5.74, 6) is 0.488. The van der Waals surface area contributed by atoms with Crippen molar-refractivity contribution in [2.45, 2.75) is 42.8 Å². The van der Waals surface area contributed by atoms with Crippen LogP contribution in [0.2, 0.25) is 0 Å². The van der Waals surface area contributed by atoms with Gasteiger partial charge < -0.3 is 10.6 Å². The van der Waals surface area contributed by atoms with E-state index in [1.54, 1.807) is 23.0 Å². The second kappa shape index (κ2) is 10.7. The molecule has 3 aromatic rings. The van der Waals surface area contributed by atoms with E-state index in [1.807, 2.05) is 6.26 Å². The molecule has 1 aliphatic rings. The molecule has 182 valence electrons. The summed E-state index contributed by atoms with van der Waals surface area (Å²) in [4.78, 5) is 21.9. The SMILES string of the molecule is CCCNc1nc(SC)nc2c1cnn2CCNC(=O)c1ccc(S(=O)(=O)N2CCCC2)cc1. The predicted molar refractivity (Wildman–Crippen MR) is 133 cm³/mol. The van der Waals surface area contributed by atoms with Gasteiger partial charge >= 0.3 is 0 Å². The van der Waals surface area contributed by atoms with Gasteiger partial charge in [0, 0.05) is 31.7 Å². The van der Waals surface area contributed by atoms with E-state index >= 15 is 0 Å². The number of anilines is 1. The first-order valence-corrected chi connectivity index (χ1v) is 14.0. The lowest BCUT2D eigenvalue weighted by molar-refractivity contribution is 0.0952. The number of rotatable bonds is 10. The third-order valence-electron chi connectivity index (χ3n) is 5.63. The smallest absolute Gasteiger partial charge is 0.251 e. The summed E-state index contributed by atoms with van der Waals surface area (Å²) < 4.78 is 28.5. The number of fused-ring (bicyclic) bond motifs is 1. The zero-order valence-electron chi connectivity index (χ0n) is 19.3. The summed E-state index contributed by atoms with van der Waals surface area (Å²) in [5.41, 5.74) is 1.12. The highest BCUT2D eigenvalue weighted by Gasteiger charge is 2.27. The third kappa shape index (κ3) is 5.18. The highest BCUT2D eigenvalue weighted by molar-refractivity contribution is 7.98. The summed E-state index contributed by atoms with van der Waals surface area (Å²) in [6.07, 6.45) is 6.40. The molecule has 0 spiro atoms. The maximum absolute atomic E-state index is 12.7. The molecule has 1 aliphatic heterocycles. The Morgan fingerprint density at radius 3 is 2.53 bits per heavy atom. The van der Waals surface area contributed by atoms with Crippen LogP contribution in [0.1, 0.15) is 36.5 Å². The van der Waals surface area contributed by atoms with Crippen LogP contribution in [0.25, 0.3) is 11.0 Å². The van der Waals surface area contributed by atoms with Gasteiger partial charge in [0.2, 0.25) is 10.0 Å². The van der Waals surface area contributed by atoms with E-state index < -0.39 is 10.0 Å². The second-order valence-electron chi connectivity index (χ2n) is 7.98. The average Bonchev–Trinajstić information content (AvgIpc) is 3.53. The molecule has 0 saturated carbocycles. The largest absolute Gasteiger partial charge is 0.369 e. The molecule has 12 heteroatoms. The Morgan fingerprint density at radius 1 is 1.12 bits per heavy atom. The molecule has 0 atom stereocenters. The van der Waals surface area contributed by atoms with E-state index in [1.165, 1.54) is 28.2 Å². The number of thioether (sulfide) groups is 1. The number of amides is 1. The van der Waals surface area contributed by atoms with Crippen molar-refractivity contribution >= 4 is 44.5 Å². The van der Waals surface area contributed by atoms with Gasteiger partial charge in [-0.1, -0.05) is 18.7 Å². The van der Waals surface area contributed by atoms with Gasteiger partial charge in [-0.2, -0.15) is 9.40 Å². The minimum absolute atomic E-state index is 0.214. The number of aromatic nitrogens is 4. The first-order valence-electron chi connectivity index (χ1n) is 11.3. The molecule has 34 heavy (non-hydrogen) atoms. The second-order valence-corrected chi connectivity index (χ2v) is 10.7. The molecule has 0 radical (unpaired) electrons. The fourth-order valence-electron chi connectivity index (χ4n) is 3.80. The van der Waals surface area contributed by atoms with E-state index in [0.717, 1.165) is 37.0 Å². The molecule has 0 aliphatic carbocycles. The van der Waals surface area contributed by atoms with E-state index in [2.05, 4.69) is 32.6 Å². The first-order chi connectivity index (χ1) is 16.4. The summed E-state index contributed by atoms with van der Waals surface area (Å²) in [6.45, 7) is 4.78. The quantitative estimate of drug-likeness (QED) is 0.320. The van der Waals surface area contributed by atoms with Crippen LogP contribution in [-0.2, 0) is 16.6 Å². The number of carbonyl (C=O) groups excluding carboxylic acids is 1. The summed E-state index contributed by atoms with van der Waals surface area (Å²) in [5, 5.41) is 12.1. The average molecular weight is 504 g/mol. The molecular weight excluding hydrogens is 474 g/mol. The van der Waals surface area contributed by atoms with Gasteiger partial charge in [0.25, 0.3) is 5.91 Å². The maximum atomic E-state index is 12.7. The van der Waals surface area contributed by atoms with E-state index in [4.69, 9.17) is 0 Å². The van der Waals surface area contributed by atoms with Gasteiger partial charge in [-0.3, -0.25) is 4.79 Å². The Balaban J connectivity index is 1.40. The van der Waals surface area contributed by atoms with Crippen molar-refractivity contribution in [3.63, 3.8) is 0 Å². The Morgan fingerprint density at radius 2 is 1.85 bits per heavy atom. The number of hydrogen-bond donors (Lipinski definition) is 2. The Kier molecular flexibility index (Phi) is 7.69. The maximum Gasteiger partial charge on any atom is 0.251 e. The fourth-order valence-corrected chi connectivity index (χ4v) is 5.68. The highest BCUT2D eigenvalue weighted by Crippen LogP contribution is 2.24. The van der Waals surface area contributed by atoms with E-state index in [-0.39, 0.29) is 10.8 Å². The van der Waals surface area contributed by atoms with Gasteiger partial charge in [-0.05, 0) is 49.8 Å². The molecular formula is C22H29N7O3S2. The lowest BCUT2D eigenvalue weighted by atomic mass is 10.2. The molecule has 1 fully saturated rings. The van der Waals surface area contributed by atoms with Crippen LogP contribution in [-0.4, -0.2) is 70.8 Å². The van der Waals surface area contributed by atoms with Crippen LogP contribution in [0.15, 0.2) is 40.5 Å². The van der Waals surface area contributed by atoms with E-state index in [9.17, 15) is 13.2 Å². The molecule has 3 heterocycles.